The normalized spacial score (nSPS) is 21.1. The summed E-state index contributed by atoms with van der Waals surface area (Å²) in [6, 6.07) is -0.0222. The Bertz CT molecular complexity index is 254. The number of nitrogens with two attached hydrogens (primary N) is 1. The molecule has 0 saturated heterocycles. The summed E-state index contributed by atoms with van der Waals surface area (Å²) < 4.78 is 0. The molecule has 0 spiro atoms. The van der Waals surface area contributed by atoms with Gasteiger partial charge in [-0.25, -0.2) is 0 Å². The Morgan fingerprint density at radius 2 is 2.06 bits per heavy atom. The predicted molar refractivity (Wildman–Crippen MR) is 63.9 cm³/mol. The first-order valence-electron chi connectivity index (χ1n) is 6.00. The first kappa shape index (κ1) is 13.5. The monoisotopic (exact) mass is 228 g/mol. The zero-order valence-corrected chi connectivity index (χ0v) is 10.5. The van der Waals surface area contributed by atoms with Crippen LogP contribution in [0.4, 0.5) is 0 Å². The van der Waals surface area contributed by atoms with E-state index in [1.54, 1.807) is 0 Å². The fourth-order valence-corrected chi connectivity index (χ4v) is 1.94. The average molecular weight is 228 g/mol. The summed E-state index contributed by atoms with van der Waals surface area (Å²) in [5.41, 5.74) is 5.25. The van der Waals surface area contributed by atoms with Crippen LogP contribution in [0.1, 0.15) is 46.5 Å². The van der Waals surface area contributed by atoms with Gasteiger partial charge < -0.3 is 16.2 Å². The van der Waals surface area contributed by atoms with Gasteiger partial charge in [-0.1, -0.05) is 20.8 Å². The number of hydrogen-bond donors (Lipinski definition) is 3. The molecule has 1 unspecified atom stereocenters. The Hall–Kier alpha value is -0.610. The molecule has 1 aliphatic rings. The molecule has 0 bridgehead atoms. The maximum atomic E-state index is 12.0. The number of aliphatic hydroxyl groups excluding tert-OH is 1. The summed E-state index contributed by atoms with van der Waals surface area (Å²) in [6.07, 6.45) is 3.15. The van der Waals surface area contributed by atoms with E-state index < -0.39 is 5.54 Å². The van der Waals surface area contributed by atoms with Crippen LogP contribution in [-0.4, -0.2) is 29.2 Å². The third-order valence-electron chi connectivity index (χ3n) is 3.47. The van der Waals surface area contributed by atoms with Crippen LogP contribution in [0, 0.1) is 5.41 Å². The maximum absolute atomic E-state index is 12.0. The third-order valence-corrected chi connectivity index (χ3v) is 3.47. The summed E-state index contributed by atoms with van der Waals surface area (Å²) in [5.74, 6) is -0.0628. The molecule has 1 atom stereocenters. The number of carbonyl (C=O) groups is 1. The van der Waals surface area contributed by atoms with Gasteiger partial charge in [0.05, 0.1) is 5.54 Å². The van der Waals surface area contributed by atoms with E-state index in [1.165, 1.54) is 0 Å². The second kappa shape index (κ2) is 4.72. The van der Waals surface area contributed by atoms with Crippen LogP contribution >= 0.6 is 0 Å². The lowest BCUT2D eigenvalue weighted by atomic mass is 9.76. The van der Waals surface area contributed by atoms with Crippen molar-refractivity contribution in [2.45, 2.75) is 58.0 Å². The van der Waals surface area contributed by atoms with Crippen LogP contribution in [0.5, 0.6) is 0 Å². The summed E-state index contributed by atoms with van der Waals surface area (Å²) in [6.45, 7) is 6.24. The Morgan fingerprint density at radius 1 is 1.50 bits per heavy atom. The van der Waals surface area contributed by atoms with Crippen LogP contribution in [0.25, 0.3) is 0 Å². The summed E-state index contributed by atoms with van der Waals surface area (Å²) in [5, 5.41) is 12.0. The molecule has 16 heavy (non-hydrogen) atoms. The SMILES string of the molecule is CC(C)(C)C(CCO)NC(=O)C1(N)CCC1. The molecule has 0 aromatic heterocycles. The lowest BCUT2D eigenvalue weighted by molar-refractivity contribution is -0.130. The van der Waals surface area contributed by atoms with Gasteiger partial charge in [0.1, 0.15) is 0 Å². The fourth-order valence-electron chi connectivity index (χ4n) is 1.94. The Morgan fingerprint density at radius 3 is 2.38 bits per heavy atom. The second-order valence-electron chi connectivity index (χ2n) is 5.91. The maximum Gasteiger partial charge on any atom is 0.240 e. The Kier molecular flexibility index (Phi) is 3.97. The highest BCUT2D eigenvalue weighted by Crippen LogP contribution is 2.30. The van der Waals surface area contributed by atoms with Crippen molar-refractivity contribution in [1.82, 2.24) is 5.32 Å². The van der Waals surface area contributed by atoms with E-state index in [2.05, 4.69) is 26.1 Å². The molecule has 1 amide bonds. The second-order valence-corrected chi connectivity index (χ2v) is 5.91. The van der Waals surface area contributed by atoms with E-state index >= 15 is 0 Å². The minimum Gasteiger partial charge on any atom is -0.396 e. The molecule has 0 radical (unpaired) electrons. The topological polar surface area (TPSA) is 75.3 Å². The molecule has 4 N–H and O–H groups in total. The number of carbonyl (C=O) groups excluding carboxylic acids is 1. The Balaban J connectivity index is 2.58. The van der Waals surface area contributed by atoms with Crippen LogP contribution in [0.3, 0.4) is 0 Å². The fraction of sp³-hybridized carbons (Fsp3) is 0.917. The van der Waals surface area contributed by atoms with Crippen LogP contribution in [-0.2, 0) is 4.79 Å². The standard InChI is InChI=1S/C12H24N2O2/c1-11(2,3)9(5-8-15)14-10(16)12(13)6-4-7-12/h9,15H,4-8,13H2,1-3H3,(H,14,16). The van der Waals surface area contributed by atoms with Gasteiger partial charge in [0.2, 0.25) is 5.91 Å². The smallest absolute Gasteiger partial charge is 0.240 e. The molecule has 1 rings (SSSR count). The highest BCUT2D eigenvalue weighted by molar-refractivity contribution is 5.87. The molecule has 0 heterocycles. The number of aliphatic hydroxyl groups is 1. The van der Waals surface area contributed by atoms with E-state index in [-0.39, 0.29) is 24.0 Å². The number of amides is 1. The molecule has 4 heteroatoms. The molecule has 94 valence electrons. The summed E-state index contributed by atoms with van der Waals surface area (Å²) >= 11 is 0. The van der Waals surface area contributed by atoms with E-state index in [4.69, 9.17) is 10.8 Å². The Labute approximate surface area is 97.6 Å². The van der Waals surface area contributed by atoms with Crippen molar-refractivity contribution < 1.29 is 9.90 Å². The van der Waals surface area contributed by atoms with E-state index in [9.17, 15) is 4.79 Å². The van der Waals surface area contributed by atoms with Gasteiger partial charge in [-0.2, -0.15) is 0 Å². The lowest BCUT2D eigenvalue weighted by Crippen LogP contribution is -2.61. The molecular formula is C12H24N2O2. The van der Waals surface area contributed by atoms with Crippen molar-refractivity contribution in [3.63, 3.8) is 0 Å². The number of rotatable bonds is 4. The van der Waals surface area contributed by atoms with Crippen LogP contribution < -0.4 is 11.1 Å². The van der Waals surface area contributed by atoms with Crippen molar-refractivity contribution in [3.8, 4) is 0 Å². The van der Waals surface area contributed by atoms with Gasteiger partial charge in [-0.3, -0.25) is 4.79 Å². The number of hydrogen-bond acceptors (Lipinski definition) is 3. The van der Waals surface area contributed by atoms with Gasteiger partial charge in [0, 0.05) is 12.6 Å². The van der Waals surface area contributed by atoms with Gasteiger partial charge in [0.25, 0.3) is 0 Å². The van der Waals surface area contributed by atoms with E-state index in [0.717, 1.165) is 19.3 Å². The van der Waals surface area contributed by atoms with E-state index in [0.29, 0.717) is 6.42 Å². The molecule has 0 aromatic rings. The zero-order valence-electron chi connectivity index (χ0n) is 10.5. The van der Waals surface area contributed by atoms with Gasteiger partial charge in [-0.05, 0) is 31.1 Å². The third kappa shape index (κ3) is 2.95. The van der Waals surface area contributed by atoms with E-state index in [1.807, 2.05) is 0 Å². The molecule has 0 aromatic carbocycles. The van der Waals surface area contributed by atoms with Crippen LogP contribution in [0.2, 0.25) is 0 Å². The molecular weight excluding hydrogens is 204 g/mol. The van der Waals surface area contributed by atoms with Crippen molar-refractivity contribution in [1.29, 1.82) is 0 Å². The molecule has 1 saturated carbocycles. The van der Waals surface area contributed by atoms with Gasteiger partial charge >= 0.3 is 0 Å². The molecule has 1 aliphatic carbocycles. The first-order chi connectivity index (χ1) is 7.29. The van der Waals surface area contributed by atoms with Gasteiger partial charge in [0.15, 0.2) is 0 Å². The lowest BCUT2D eigenvalue weighted by Gasteiger charge is -2.40. The van der Waals surface area contributed by atoms with Crippen molar-refractivity contribution in [3.05, 3.63) is 0 Å². The number of nitrogens with one attached hydrogen (secondary N) is 1. The largest absolute Gasteiger partial charge is 0.396 e. The van der Waals surface area contributed by atoms with Crippen molar-refractivity contribution in [2.24, 2.45) is 11.1 Å². The molecule has 1 fully saturated rings. The van der Waals surface area contributed by atoms with Crippen LogP contribution in [0.15, 0.2) is 0 Å². The minimum atomic E-state index is -0.654. The first-order valence-corrected chi connectivity index (χ1v) is 6.00. The van der Waals surface area contributed by atoms with Gasteiger partial charge in [-0.15, -0.1) is 0 Å². The predicted octanol–water partition coefficient (Wildman–Crippen LogP) is 0.781. The zero-order chi connectivity index (χ0) is 12.4. The molecule has 4 nitrogen and oxygen atoms in total. The highest BCUT2D eigenvalue weighted by Gasteiger charge is 2.41. The quantitative estimate of drug-likeness (QED) is 0.665. The highest BCUT2D eigenvalue weighted by atomic mass is 16.3. The summed E-state index contributed by atoms with van der Waals surface area (Å²) in [4.78, 5) is 12.0. The molecule has 0 aliphatic heterocycles. The van der Waals surface area contributed by atoms with Crippen molar-refractivity contribution in [2.75, 3.05) is 6.61 Å². The average Bonchev–Trinajstić information content (AvgIpc) is 2.11. The van der Waals surface area contributed by atoms with Crippen molar-refractivity contribution >= 4 is 5.91 Å². The minimum absolute atomic E-state index is 0.0222. The summed E-state index contributed by atoms with van der Waals surface area (Å²) in [7, 11) is 0.